The minimum Gasteiger partial charge on any atom is -0.267 e. The summed E-state index contributed by atoms with van der Waals surface area (Å²) in [6.07, 6.45) is 0. The number of benzene rings is 2. The van der Waals surface area contributed by atoms with E-state index in [-0.39, 0.29) is 16.8 Å². The molecule has 0 fully saturated rings. The van der Waals surface area contributed by atoms with Crippen molar-refractivity contribution in [1.82, 2.24) is 5.43 Å². The summed E-state index contributed by atoms with van der Waals surface area (Å²) in [7, 11) is 0. The molecule has 0 bridgehead atoms. The van der Waals surface area contributed by atoms with Gasteiger partial charge in [-0.25, -0.2) is 0 Å². The molecular formula is C14H8N3O4. The highest BCUT2D eigenvalue weighted by atomic mass is 16.6. The summed E-state index contributed by atoms with van der Waals surface area (Å²) in [6.45, 7) is 0. The molecule has 3 rings (SSSR count). The summed E-state index contributed by atoms with van der Waals surface area (Å²) in [6, 6.07) is 11.6. The maximum atomic E-state index is 12.3. The fraction of sp³-hybridized carbons (Fsp3) is 0. The second-order valence-electron chi connectivity index (χ2n) is 4.34. The Hall–Kier alpha value is -3.22. The third-order valence-electron chi connectivity index (χ3n) is 3.08. The highest BCUT2D eigenvalue weighted by Gasteiger charge is 2.32. The van der Waals surface area contributed by atoms with Crippen molar-refractivity contribution >= 4 is 23.2 Å². The molecule has 0 aliphatic carbocycles. The molecule has 2 aromatic carbocycles. The van der Waals surface area contributed by atoms with Gasteiger partial charge in [0.1, 0.15) is 0 Å². The van der Waals surface area contributed by atoms with Crippen molar-refractivity contribution in [3.63, 3.8) is 0 Å². The molecule has 0 saturated carbocycles. The van der Waals surface area contributed by atoms with E-state index in [0.29, 0.717) is 5.69 Å². The van der Waals surface area contributed by atoms with E-state index >= 15 is 0 Å². The maximum Gasteiger partial charge on any atom is 0.294 e. The van der Waals surface area contributed by atoms with Crippen LogP contribution >= 0.6 is 0 Å². The van der Waals surface area contributed by atoms with Gasteiger partial charge in [0.2, 0.25) is 0 Å². The van der Waals surface area contributed by atoms with Crippen LogP contribution in [-0.2, 0) is 0 Å². The molecule has 1 heterocycles. The van der Waals surface area contributed by atoms with E-state index in [4.69, 9.17) is 0 Å². The molecule has 1 radical (unpaired) electrons. The molecule has 0 N–H and O–H groups in total. The van der Waals surface area contributed by atoms with Crippen molar-refractivity contribution in [2.24, 2.45) is 0 Å². The van der Waals surface area contributed by atoms with E-state index in [1.807, 2.05) is 0 Å². The first-order valence-electron chi connectivity index (χ1n) is 6.02. The summed E-state index contributed by atoms with van der Waals surface area (Å²) < 4.78 is 0. The maximum absolute atomic E-state index is 12.3. The molecule has 0 unspecified atom stereocenters. The molecule has 7 nitrogen and oxygen atoms in total. The number of carbonyl (C=O) groups excluding carboxylic acids is 2. The number of fused-ring (bicyclic) bond motifs is 1. The van der Waals surface area contributed by atoms with E-state index in [2.05, 4.69) is 5.43 Å². The quantitative estimate of drug-likeness (QED) is 0.621. The summed E-state index contributed by atoms with van der Waals surface area (Å²) >= 11 is 0. The van der Waals surface area contributed by atoms with E-state index in [1.165, 1.54) is 30.3 Å². The Bertz CT molecular complexity index is 755. The van der Waals surface area contributed by atoms with Gasteiger partial charge in [-0.15, -0.1) is 5.43 Å². The van der Waals surface area contributed by atoms with Crippen LogP contribution in [0.1, 0.15) is 20.7 Å². The van der Waals surface area contributed by atoms with Crippen molar-refractivity contribution < 1.29 is 14.5 Å². The lowest BCUT2D eigenvalue weighted by molar-refractivity contribution is -0.384. The van der Waals surface area contributed by atoms with Crippen molar-refractivity contribution in [2.75, 3.05) is 5.01 Å². The Morgan fingerprint density at radius 3 is 2.19 bits per heavy atom. The van der Waals surface area contributed by atoms with E-state index in [9.17, 15) is 19.7 Å². The van der Waals surface area contributed by atoms with Gasteiger partial charge >= 0.3 is 0 Å². The lowest BCUT2D eigenvalue weighted by atomic mass is 10.0. The van der Waals surface area contributed by atoms with Crippen LogP contribution in [0, 0.1) is 10.1 Å². The highest BCUT2D eigenvalue weighted by molar-refractivity contribution is 6.18. The Balaban J connectivity index is 1.99. The minimum absolute atomic E-state index is 0.102. The smallest absolute Gasteiger partial charge is 0.267 e. The van der Waals surface area contributed by atoms with Crippen LogP contribution in [0.5, 0.6) is 0 Å². The molecule has 0 saturated heterocycles. The Morgan fingerprint density at radius 1 is 0.952 bits per heavy atom. The number of hydrogen-bond donors (Lipinski definition) is 0. The number of nitro benzene ring substituents is 1. The van der Waals surface area contributed by atoms with Crippen LogP contribution < -0.4 is 10.4 Å². The van der Waals surface area contributed by atoms with Gasteiger partial charge in [0.15, 0.2) is 0 Å². The first kappa shape index (κ1) is 12.8. The van der Waals surface area contributed by atoms with Crippen molar-refractivity contribution in [2.45, 2.75) is 0 Å². The summed E-state index contributed by atoms with van der Waals surface area (Å²) in [5.74, 6) is -0.970. The minimum atomic E-state index is -0.542. The number of nitrogens with zero attached hydrogens (tertiary/aromatic N) is 3. The fourth-order valence-corrected chi connectivity index (χ4v) is 2.05. The SMILES string of the molecule is O=C1[N]N(c2ccc([N+](=O)[O-])cc2)C(=O)c2ccccc21. The first-order valence-corrected chi connectivity index (χ1v) is 6.02. The molecule has 1 aliphatic rings. The molecular weight excluding hydrogens is 274 g/mol. The van der Waals surface area contributed by atoms with Crippen molar-refractivity contribution in [3.05, 3.63) is 69.8 Å². The topological polar surface area (TPSA) is 94.6 Å². The van der Waals surface area contributed by atoms with Gasteiger partial charge in [0.25, 0.3) is 17.5 Å². The molecule has 0 aromatic heterocycles. The lowest BCUT2D eigenvalue weighted by Crippen LogP contribution is -2.46. The zero-order chi connectivity index (χ0) is 15.0. The van der Waals surface area contributed by atoms with Crippen LogP contribution in [0.4, 0.5) is 11.4 Å². The second-order valence-corrected chi connectivity index (χ2v) is 4.34. The highest BCUT2D eigenvalue weighted by Crippen LogP contribution is 2.24. The molecule has 21 heavy (non-hydrogen) atoms. The number of rotatable bonds is 2. The number of nitro groups is 1. The number of amides is 2. The average molecular weight is 282 g/mol. The third kappa shape index (κ3) is 2.10. The Morgan fingerprint density at radius 2 is 1.57 bits per heavy atom. The van der Waals surface area contributed by atoms with E-state index in [1.54, 1.807) is 18.2 Å². The van der Waals surface area contributed by atoms with E-state index in [0.717, 1.165) is 5.01 Å². The summed E-state index contributed by atoms with van der Waals surface area (Å²) in [4.78, 5) is 34.3. The van der Waals surface area contributed by atoms with Gasteiger partial charge in [0, 0.05) is 12.1 Å². The van der Waals surface area contributed by atoms with Crippen LogP contribution in [0.3, 0.4) is 0 Å². The van der Waals surface area contributed by atoms with Crippen LogP contribution in [0.25, 0.3) is 0 Å². The summed E-state index contributed by atoms with van der Waals surface area (Å²) in [5, 5.41) is 11.6. The lowest BCUT2D eigenvalue weighted by Gasteiger charge is -2.25. The van der Waals surface area contributed by atoms with Gasteiger partial charge in [-0.3, -0.25) is 19.7 Å². The van der Waals surface area contributed by atoms with E-state index < -0.39 is 16.7 Å². The van der Waals surface area contributed by atoms with Gasteiger partial charge in [0.05, 0.1) is 21.7 Å². The normalized spacial score (nSPS) is 13.6. The third-order valence-corrected chi connectivity index (χ3v) is 3.08. The zero-order valence-electron chi connectivity index (χ0n) is 10.6. The monoisotopic (exact) mass is 282 g/mol. The number of anilines is 1. The molecule has 2 amide bonds. The standard InChI is InChI=1S/C14H8N3O4/c18-13-11-3-1-2-4-12(11)14(19)16(15-13)9-5-7-10(8-6-9)17(20)21/h1-8H. The predicted molar refractivity (Wildman–Crippen MR) is 72.8 cm³/mol. The Labute approximate surface area is 118 Å². The molecule has 7 heteroatoms. The van der Waals surface area contributed by atoms with Crippen LogP contribution in [0.2, 0.25) is 0 Å². The van der Waals surface area contributed by atoms with Crippen LogP contribution in [0.15, 0.2) is 48.5 Å². The van der Waals surface area contributed by atoms with Crippen molar-refractivity contribution in [1.29, 1.82) is 0 Å². The fourth-order valence-electron chi connectivity index (χ4n) is 2.05. The molecule has 0 spiro atoms. The first-order chi connectivity index (χ1) is 10.1. The molecule has 2 aromatic rings. The number of hydrogen-bond acceptors (Lipinski definition) is 4. The number of non-ortho nitro benzene ring substituents is 1. The van der Waals surface area contributed by atoms with Gasteiger partial charge in [-0.05, 0) is 24.3 Å². The number of carbonyl (C=O) groups is 2. The largest absolute Gasteiger partial charge is 0.294 e. The molecule has 0 atom stereocenters. The van der Waals surface area contributed by atoms with Gasteiger partial charge < -0.3 is 0 Å². The average Bonchev–Trinajstić information content (AvgIpc) is 2.51. The second kappa shape index (κ2) is 4.71. The van der Waals surface area contributed by atoms with Crippen molar-refractivity contribution in [3.8, 4) is 0 Å². The Kier molecular flexibility index (Phi) is 2.87. The van der Waals surface area contributed by atoms with Gasteiger partial charge in [-0.2, -0.15) is 5.01 Å². The predicted octanol–water partition coefficient (Wildman–Crippen LogP) is 1.91. The van der Waals surface area contributed by atoms with Crippen LogP contribution in [-0.4, -0.2) is 16.7 Å². The molecule has 103 valence electrons. The zero-order valence-corrected chi connectivity index (χ0v) is 10.6. The van der Waals surface area contributed by atoms with Gasteiger partial charge in [-0.1, -0.05) is 12.1 Å². The molecule has 1 aliphatic heterocycles. The summed E-state index contributed by atoms with van der Waals surface area (Å²) in [5.41, 5.74) is 4.43.